The number of hydrogen-bond donors (Lipinski definition) is 0. The number of anilines is 3. The molecule has 0 radical (unpaired) electrons. The van der Waals surface area contributed by atoms with Crippen LogP contribution in [0.1, 0.15) is 0 Å². The van der Waals surface area contributed by atoms with Crippen LogP contribution in [0, 0.1) is 0 Å². The van der Waals surface area contributed by atoms with Gasteiger partial charge in [0.2, 0.25) is 11.8 Å². The van der Waals surface area contributed by atoms with Crippen molar-refractivity contribution in [3.63, 3.8) is 0 Å². The molecule has 0 spiro atoms. The molecule has 4 heterocycles. The summed E-state index contributed by atoms with van der Waals surface area (Å²) in [6, 6.07) is 56.3. The third-order valence-corrected chi connectivity index (χ3v) is 10.2. The zero-order valence-electron chi connectivity index (χ0n) is 29.3. The van der Waals surface area contributed by atoms with Crippen LogP contribution in [-0.2, 0) is 0 Å². The van der Waals surface area contributed by atoms with Crippen molar-refractivity contribution in [2.75, 3.05) is 4.90 Å². The molecule has 0 aliphatic heterocycles. The van der Waals surface area contributed by atoms with Gasteiger partial charge in [0.1, 0.15) is 22.7 Å². The van der Waals surface area contributed by atoms with Gasteiger partial charge < -0.3 is 8.83 Å². The zero-order valence-corrected chi connectivity index (χ0v) is 29.3. The summed E-state index contributed by atoms with van der Waals surface area (Å²) in [7, 11) is 0. The van der Waals surface area contributed by atoms with Gasteiger partial charge in [-0.05, 0) is 92.0 Å². The van der Waals surface area contributed by atoms with Gasteiger partial charge in [0.05, 0.1) is 12.4 Å². The topological polar surface area (TPSA) is 81.1 Å². The second-order valence-electron chi connectivity index (χ2n) is 13.6. The Morgan fingerprint density at radius 1 is 0.382 bits per heavy atom. The molecule has 7 nitrogen and oxygen atoms in total. The Bertz CT molecular complexity index is 3110. The third-order valence-electron chi connectivity index (χ3n) is 10.2. The number of hydrogen-bond acceptors (Lipinski definition) is 7. The van der Waals surface area contributed by atoms with Crippen LogP contribution in [-0.4, -0.2) is 19.9 Å². The van der Waals surface area contributed by atoms with Crippen LogP contribution in [0.5, 0.6) is 0 Å². The third kappa shape index (κ3) is 5.45. The van der Waals surface area contributed by atoms with E-state index in [4.69, 9.17) is 28.8 Å². The number of oxazole rings is 2. The fourth-order valence-corrected chi connectivity index (χ4v) is 7.42. The van der Waals surface area contributed by atoms with Gasteiger partial charge in [-0.3, -0.25) is 4.90 Å². The van der Waals surface area contributed by atoms with Gasteiger partial charge in [-0.1, -0.05) is 103 Å². The van der Waals surface area contributed by atoms with Crippen LogP contribution in [0.3, 0.4) is 0 Å². The maximum Gasteiger partial charge on any atom is 0.227 e. The lowest BCUT2D eigenvalue weighted by molar-refractivity contribution is 0.619. The van der Waals surface area contributed by atoms with E-state index in [0.717, 1.165) is 27.6 Å². The van der Waals surface area contributed by atoms with E-state index in [1.165, 1.54) is 32.7 Å². The molecule has 0 unspecified atom stereocenters. The first-order valence-electron chi connectivity index (χ1n) is 18.1. The zero-order chi connectivity index (χ0) is 36.3. The lowest BCUT2D eigenvalue weighted by atomic mass is 9.96. The first kappa shape index (κ1) is 30.9. The first-order valence-corrected chi connectivity index (χ1v) is 18.1. The Morgan fingerprint density at radius 3 is 1.49 bits per heavy atom. The molecular weight excluding hydrogens is 679 g/mol. The van der Waals surface area contributed by atoms with Crippen molar-refractivity contribution in [1.82, 2.24) is 19.9 Å². The molecule has 7 aromatic carbocycles. The van der Waals surface area contributed by atoms with Gasteiger partial charge in [-0.25, -0.2) is 19.9 Å². The monoisotopic (exact) mass is 707 g/mol. The van der Waals surface area contributed by atoms with Gasteiger partial charge in [-0.2, -0.15) is 0 Å². The van der Waals surface area contributed by atoms with Crippen LogP contribution >= 0.6 is 0 Å². The molecule has 0 N–H and O–H groups in total. The summed E-state index contributed by atoms with van der Waals surface area (Å²) in [6.07, 6.45) is 3.49. The summed E-state index contributed by atoms with van der Waals surface area (Å²) in [5.41, 5.74) is 7.64. The quantitative estimate of drug-likeness (QED) is 0.159. The molecule has 0 bridgehead atoms. The average molecular weight is 708 g/mol. The molecule has 0 aliphatic rings. The van der Waals surface area contributed by atoms with Crippen LogP contribution < -0.4 is 4.90 Å². The van der Waals surface area contributed by atoms with E-state index in [2.05, 4.69) is 91.0 Å². The average Bonchev–Trinajstić information content (AvgIpc) is 3.88. The molecule has 0 fully saturated rings. The fraction of sp³-hybridized carbons (Fsp3) is 0. The highest BCUT2D eigenvalue weighted by Crippen LogP contribution is 2.39. The molecule has 55 heavy (non-hydrogen) atoms. The van der Waals surface area contributed by atoms with E-state index < -0.39 is 0 Å². The second-order valence-corrected chi connectivity index (χ2v) is 13.6. The van der Waals surface area contributed by atoms with Gasteiger partial charge >= 0.3 is 0 Å². The van der Waals surface area contributed by atoms with Crippen molar-refractivity contribution in [2.45, 2.75) is 0 Å². The molecule has 11 aromatic rings. The molecule has 11 rings (SSSR count). The van der Waals surface area contributed by atoms with Crippen LogP contribution in [0.25, 0.3) is 88.6 Å². The molecule has 7 heteroatoms. The molecular formula is C48H29N5O2. The summed E-state index contributed by atoms with van der Waals surface area (Å²) < 4.78 is 12.6. The Morgan fingerprint density at radius 2 is 0.873 bits per heavy atom. The number of fused-ring (bicyclic) bond motifs is 6. The normalized spacial score (nSPS) is 11.6. The van der Waals surface area contributed by atoms with Crippen molar-refractivity contribution in [2.24, 2.45) is 0 Å². The van der Waals surface area contributed by atoms with Gasteiger partial charge in [0.15, 0.2) is 11.2 Å². The van der Waals surface area contributed by atoms with E-state index in [1.807, 2.05) is 77.7 Å². The minimum absolute atomic E-state index is 0.539. The SMILES string of the molecule is c1ccc(-c2nc3cnc(N(c4ccc5c(ccc6cc(-c7ccc8ccccc8c7)ccc65)c4)c4cc5oc(-c6ccccc6)nc5cn4)cc3o2)cc1. The number of pyridine rings is 2. The maximum absolute atomic E-state index is 6.29. The van der Waals surface area contributed by atoms with E-state index in [9.17, 15) is 0 Å². The van der Waals surface area contributed by atoms with Crippen LogP contribution in [0.4, 0.5) is 17.3 Å². The van der Waals surface area contributed by atoms with Crippen LogP contribution in [0.15, 0.2) is 185 Å². The smallest absolute Gasteiger partial charge is 0.227 e. The molecule has 0 saturated carbocycles. The van der Waals surface area contributed by atoms with Crippen molar-refractivity contribution < 1.29 is 8.83 Å². The lowest BCUT2D eigenvalue weighted by Gasteiger charge is -2.23. The molecule has 0 amide bonds. The summed E-state index contributed by atoms with van der Waals surface area (Å²) in [5.74, 6) is 2.32. The Balaban J connectivity index is 1.03. The number of nitrogens with zero attached hydrogens (tertiary/aromatic N) is 5. The summed E-state index contributed by atoms with van der Waals surface area (Å²) >= 11 is 0. The highest BCUT2D eigenvalue weighted by atomic mass is 16.4. The van der Waals surface area contributed by atoms with E-state index >= 15 is 0 Å². The largest absolute Gasteiger partial charge is 0.436 e. The van der Waals surface area contributed by atoms with E-state index in [0.29, 0.717) is 45.6 Å². The fourth-order valence-electron chi connectivity index (χ4n) is 7.42. The highest BCUT2D eigenvalue weighted by molar-refractivity contribution is 6.09. The van der Waals surface area contributed by atoms with Gasteiger partial charge in [0.25, 0.3) is 0 Å². The molecule has 258 valence electrons. The maximum atomic E-state index is 6.29. The Labute approximate surface area is 314 Å². The number of rotatable bonds is 6. The minimum atomic E-state index is 0.539. The van der Waals surface area contributed by atoms with Crippen molar-refractivity contribution in [3.05, 3.63) is 176 Å². The Kier molecular flexibility index (Phi) is 7.03. The predicted molar refractivity (Wildman–Crippen MR) is 221 cm³/mol. The lowest BCUT2D eigenvalue weighted by Crippen LogP contribution is -2.13. The summed E-state index contributed by atoms with van der Waals surface area (Å²) in [6.45, 7) is 0. The molecule has 0 saturated heterocycles. The first-order chi connectivity index (χ1) is 27.2. The molecule has 0 atom stereocenters. The van der Waals surface area contributed by atoms with Gasteiger partial charge in [0, 0.05) is 28.9 Å². The predicted octanol–water partition coefficient (Wildman–Crippen LogP) is 12.7. The van der Waals surface area contributed by atoms with E-state index in [1.54, 1.807) is 12.4 Å². The second kappa shape index (κ2) is 12.5. The molecule has 4 aromatic heterocycles. The highest BCUT2D eigenvalue weighted by Gasteiger charge is 2.21. The van der Waals surface area contributed by atoms with Crippen molar-refractivity contribution in [1.29, 1.82) is 0 Å². The van der Waals surface area contributed by atoms with Crippen molar-refractivity contribution in [3.8, 4) is 34.0 Å². The van der Waals surface area contributed by atoms with Crippen molar-refractivity contribution >= 4 is 71.8 Å². The minimum Gasteiger partial charge on any atom is -0.436 e. The summed E-state index contributed by atoms with van der Waals surface area (Å²) in [5, 5.41) is 7.09. The Hall–Kier alpha value is -7.64. The molecule has 0 aliphatic carbocycles. The number of benzene rings is 7. The number of aromatic nitrogens is 4. The van der Waals surface area contributed by atoms with E-state index in [-0.39, 0.29) is 0 Å². The standard InChI is InChI=1S/C48H29N5O2/c1-3-10-31(11-4-1)47-51-41-28-49-45(26-43(41)54-47)53(46-27-44-42(29-50-46)52-48(55-44)32-12-5-2-6-13-32)38-20-22-40-37(25-38)18-17-36-24-35(19-21-39(36)40)34-16-15-30-9-7-8-14-33(30)23-34/h1-29H. The summed E-state index contributed by atoms with van der Waals surface area (Å²) in [4.78, 5) is 21.3. The van der Waals surface area contributed by atoms with Gasteiger partial charge in [-0.15, -0.1) is 0 Å². The van der Waals surface area contributed by atoms with Crippen LogP contribution in [0.2, 0.25) is 0 Å².